The molecule has 2 unspecified atom stereocenters. The highest BCUT2D eigenvalue weighted by atomic mass is 32.1. The minimum Gasteiger partial charge on any atom is -0.441 e. The second-order valence-electron chi connectivity index (χ2n) is 8.18. The molecule has 1 aliphatic carbocycles. The molecule has 2 atom stereocenters. The molecule has 2 N–H and O–H groups in total. The number of thiazole rings is 1. The van der Waals surface area contributed by atoms with Crippen LogP contribution in [0.3, 0.4) is 0 Å². The molecule has 146 valence electrons. The fourth-order valence-electron chi connectivity index (χ4n) is 3.12. The van der Waals surface area contributed by atoms with Gasteiger partial charge in [-0.25, -0.2) is 14.8 Å². The number of aromatic nitrogens is 2. The Balaban J connectivity index is 1.55. The number of nitrogens with one attached hydrogen (secondary N) is 2. The minimum absolute atomic E-state index is 0.0656. The predicted octanol–water partition coefficient (Wildman–Crippen LogP) is 5.30. The van der Waals surface area contributed by atoms with E-state index in [1.165, 1.54) is 30.6 Å². The molecule has 6 nitrogen and oxygen atoms in total. The summed E-state index contributed by atoms with van der Waals surface area (Å²) in [5.41, 5.74) is -0.0656. The van der Waals surface area contributed by atoms with Gasteiger partial charge in [0.25, 0.3) is 0 Å². The summed E-state index contributed by atoms with van der Waals surface area (Å²) in [6, 6.07) is 0.0706. The molecule has 3 rings (SSSR count). The Kier molecular flexibility index (Phi) is 5.99. The van der Waals surface area contributed by atoms with Gasteiger partial charge in [0.15, 0.2) is 5.13 Å². The molecule has 0 radical (unpaired) electrons. The molecule has 2 heterocycles. The zero-order valence-corrected chi connectivity index (χ0v) is 17.2. The number of hydrogen-bond acceptors (Lipinski definition) is 5. The molecule has 1 aliphatic rings. The number of nitrogens with zero attached hydrogens (tertiary/aromatic N) is 2. The maximum atomic E-state index is 12.2. The second-order valence-corrected chi connectivity index (χ2v) is 9.24. The van der Waals surface area contributed by atoms with Gasteiger partial charge in [0.05, 0.1) is 6.20 Å². The third-order valence-electron chi connectivity index (χ3n) is 4.82. The molecule has 27 heavy (non-hydrogen) atoms. The molecule has 1 saturated carbocycles. The van der Waals surface area contributed by atoms with E-state index >= 15 is 0 Å². The Bertz CT molecular complexity index is 803. The van der Waals surface area contributed by atoms with E-state index in [4.69, 9.17) is 4.42 Å². The predicted molar refractivity (Wildman–Crippen MR) is 110 cm³/mol. The van der Waals surface area contributed by atoms with E-state index in [2.05, 4.69) is 48.3 Å². The van der Waals surface area contributed by atoms with Crippen LogP contribution in [0.15, 0.2) is 16.8 Å². The van der Waals surface area contributed by atoms with Crippen molar-refractivity contribution in [2.75, 3.05) is 5.32 Å². The number of hydrogen-bond donors (Lipinski definition) is 2. The third-order valence-corrected chi connectivity index (χ3v) is 5.70. The van der Waals surface area contributed by atoms with E-state index in [-0.39, 0.29) is 17.5 Å². The monoisotopic (exact) mass is 388 g/mol. The van der Waals surface area contributed by atoms with Gasteiger partial charge in [0.1, 0.15) is 5.76 Å². The molecular formula is C20H28N4O2S. The van der Waals surface area contributed by atoms with Gasteiger partial charge in [-0.3, -0.25) is 5.32 Å². The van der Waals surface area contributed by atoms with Crippen LogP contribution in [0.2, 0.25) is 0 Å². The van der Waals surface area contributed by atoms with E-state index in [1.807, 2.05) is 12.2 Å². The summed E-state index contributed by atoms with van der Waals surface area (Å²) in [6.07, 6.45) is 11.9. The molecule has 1 fully saturated rings. The molecule has 0 spiro atoms. The number of amides is 2. The fourth-order valence-corrected chi connectivity index (χ4v) is 3.83. The summed E-state index contributed by atoms with van der Waals surface area (Å²) in [5, 5.41) is 6.49. The molecule has 0 saturated heterocycles. The van der Waals surface area contributed by atoms with Crippen molar-refractivity contribution in [3.63, 3.8) is 0 Å². The zero-order valence-electron chi connectivity index (χ0n) is 16.4. The highest BCUT2D eigenvalue weighted by molar-refractivity contribution is 7.16. The SMILES string of the molecule is CC1CCCCC1NC(=O)Nc1ncc(C=Cc2ncc(C(C)(C)C)o2)s1. The Morgan fingerprint density at radius 2 is 2.00 bits per heavy atom. The van der Waals surface area contributed by atoms with Gasteiger partial charge in [0.2, 0.25) is 5.89 Å². The summed E-state index contributed by atoms with van der Waals surface area (Å²) in [7, 11) is 0. The highest BCUT2D eigenvalue weighted by Gasteiger charge is 2.23. The van der Waals surface area contributed by atoms with Crippen LogP contribution in [-0.4, -0.2) is 22.0 Å². The number of carbonyl (C=O) groups excluding carboxylic acids is 1. The Morgan fingerprint density at radius 3 is 2.70 bits per heavy atom. The van der Waals surface area contributed by atoms with Crippen LogP contribution in [0.25, 0.3) is 12.2 Å². The van der Waals surface area contributed by atoms with Gasteiger partial charge in [0, 0.05) is 28.6 Å². The smallest absolute Gasteiger partial charge is 0.321 e. The van der Waals surface area contributed by atoms with Crippen molar-refractivity contribution in [3.05, 3.63) is 28.9 Å². The molecule has 7 heteroatoms. The summed E-state index contributed by atoms with van der Waals surface area (Å²) < 4.78 is 5.74. The molecule has 0 aliphatic heterocycles. The molecule has 2 aromatic rings. The summed E-state index contributed by atoms with van der Waals surface area (Å²) in [5.74, 6) is 1.94. The normalized spacial score (nSPS) is 20.7. The fraction of sp³-hybridized carbons (Fsp3) is 0.550. The standard InChI is InChI=1S/C20H28N4O2S/c1-13-7-5-6-8-15(13)23-18(25)24-19-22-11-14(27-19)9-10-17-21-12-16(26-17)20(2,3)4/h9-13,15H,5-8H2,1-4H3,(H2,22,23,24,25). The first-order valence-electron chi connectivity index (χ1n) is 9.49. The Hall–Kier alpha value is -2.15. The first-order chi connectivity index (χ1) is 12.8. The van der Waals surface area contributed by atoms with Crippen LogP contribution < -0.4 is 10.6 Å². The van der Waals surface area contributed by atoms with Gasteiger partial charge >= 0.3 is 6.03 Å². The lowest BCUT2D eigenvalue weighted by Crippen LogP contribution is -2.43. The lowest BCUT2D eigenvalue weighted by molar-refractivity contribution is 0.232. The second kappa shape index (κ2) is 8.25. The van der Waals surface area contributed by atoms with Gasteiger partial charge in [-0.05, 0) is 24.8 Å². The average Bonchev–Trinajstić information content (AvgIpc) is 3.24. The number of rotatable bonds is 4. The van der Waals surface area contributed by atoms with Gasteiger partial charge < -0.3 is 9.73 Å². The van der Waals surface area contributed by atoms with Crippen molar-refractivity contribution in [1.82, 2.24) is 15.3 Å². The maximum Gasteiger partial charge on any atom is 0.321 e. The van der Waals surface area contributed by atoms with E-state index < -0.39 is 0 Å². The number of urea groups is 1. The number of carbonyl (C=O) groups is 1. The van der Waals surface area contributed by atoms with Crippen molar-refractivity contribution < 1.29 is 9.21 Å². The van der Waals surface area contributed by atoms with Crippen LogP contribution in [0.4, 0.5) is 9.93 Å². The van der Waals surface area contributed by atoms with E-state index in [1.54, 1.807) is 12.4 Å². The summed E-state index contributed by atoms with van der Waals surface area (Å²) >= 11 is 1.42. The maximum absolute atomic E-state index is 12.2. The van der Waals surface area contributed by atoms with Gasteiger partial charge in [-0.2, -0.15) is 0 Å². The van der Waals surface area contributed by atoms with E-state index in [0.29, 0.717) is 16.9 Å². The van der Waals surface area contributed by atoms with Gasteiger partial charge in [-0.15, -0.1) is 0 Å². The molecule has 0 aromatic carbocycles. The lowest BCUT2D eigenvalue weighted by atomic mass is 9.86. The Morgan fingerprint density at radius 1 is 1.22 bits per heavy atom. The van der Waals surface area contributed by atoms with Crippen LogP contribution >= 0.6 is 11.3 Å². The van der Waals surface area contributed by atoms with Gasteiger partial charge in [-0.1, -0.05) is 51.9 Å². The molecule has 0 bridgehead atoms. The summed E-state index contributed by atoms with van der Waals surface area (Å²) in [4.78, 5) is 21.7. The van der Waals surface area contributed by atoms with Crippen molar-refractivity contribution in [3.8, 4) is 0 Å². The van der Waals surface area contributed by atoms with Crippen molar-refractivity contribution in [2.24, 2.45) is 5.92 Å². The van der Waals surface area contributed by atoms with Crippen LogP contribution in [0.5, 0.6) is 0 Å². The van der Waals surface area contributed by atoms with E-state index in [0.717, 1.165) is 17.1 Å². The first-order valence-corrected chi connectivity index (χ1v) is 10.3. The Labute approximate surface area is 164 Å². The van der Waals surface area contributed by atoms with Crippen LogP contribution in [0, 0.1) is 5.92 Å². The van der Waals surface area contributed by atoms with Crippen LogP contribution in [-0.2, 0) is 5.41 Å². The van der Waals surface area contributed by atoms with Crippen molar-refractivity contribution in [1.29, 1.82) is 0 Å². The van der Waals surface area contributed by atoms with Crippen molar-refractivity contribution >= 4 is 34.7 Å². The lowest BCUT2D eigenvalue weighted by Gasteiger charge is -2.29. The van der Waals surface area contributed by atoms with Crippen molar-refractivity contribution in [2.45, 2.75) is 64.8 Å². The summed E-state index contributed by atoms with van der Waals surface area (Å²) in [6.45, 7) is 8.45. The zero-order chi connectivity index (χ0) is 19.4. The number of anilines is 1. The average molecular weight is 389 g/mol. The highest BCUT2D eigenvalue weighted by Crippen LogP contribution is 2.25. The van der Waals surface area contributed by atoms with E-state index in [9.17, 15) is 4.79 Å². The topological polar surface area (TPSA) is 80.0 Å². The van der Waals surface area contributed by atoms with Crippen LogP contribution in [0.1, 0.15) is 69.9 Å². The first kappa shape index (κ1) is 19.6. The quantitative estimate of drug-likeness (QED) is 0.745. The molecule has 2 amide bonds. The minimum atomic E-state index is -0.179. The molecule has 2 aromatic heterocycles. The largest absolute Gasteiger partial charge is 0.441 e. The number of oxazole rings is 1. The third kappa shape index (κ3) is 5.42. The molecular weight excluding hydrogens is 360 g/mol.